The monoisotopic (exact) mass is 266 g/mol. The Bertz CT molecular complexity index is 528. The number of phenolic OH excluding ortho intramolecular Hbond substituents is 1. The Hall–Kier alpha value is -1.91. The van der Waals surface area contributed by atoms with Crippen molar-refractivity contribution in [2.24, 2.45) is 11.0 Å². The lowest BCUT2D eigenvalue weighted by Gasteiger charge is -2.18. The standard InChI is InChI=1S/C11H11ClN4O2/c12-9-2-1-8(17)4-10(9)16-6-7(3-11(16)18)5-14-15-13/h1-2,4,7,17H,3,5-6H2. The quantitative estimate of drug-likeness (QED) is 0.518. The molecule has 1 aromatic rings. The first-order valence-electron chi connectivity index (χ1n) is 5.41. The maximum atomic E-state index is 11.9. The predicted molar refractivity (Wildman–Crippen MR) is 67.6 cm³/mol. The van der Waals surface area contributed by atoms with Gasteiger partial charge in [-0.15, -0.1) is 0 Å². The van der Waals surface area contributed by atoms with Crippen LogP contribution in [0.25, 0.3) is 10.4 Å². The highest BCUT2D eigenvalue weighted by Crippen LogP contribution is 2.33. The van der Waals surface area contributed by atoms with Crippen LogP contribution in [0.4, 0.5) is 5.69 Å². The van der Waals surface area contributed by atoms with E-state index in [2.05, 4.69) is 10.0 Å². The summed E-state index contributed by atoms with van der Waals surface area (Å²) < 4.78 is 0. The van der Waals surface area contributed by atoms with Gasteiger partial charge in [0.1, 0.15) is 5.75 Å². The first-order chi connectivity index (χ1) is 8.61. The molecule has 2 rings (SSSR count). The smallest absolute Gasteiger partial charge is 0.227 e. The highest BCUT2D eigenvalue weighted by Gasteiger charge is 2.31. The molecule has 0 aliphatic carbocycles. The molecule has 1 aliphatic rings. The maximum Gasteiger partial charge on any atom is 0.227 e. The van der Waals surface area contributed by atoms with Gasteiger partial charge in [0.25, 0.3) is 0 Å². The average molecular weight is 267 g/mol. The van der Waals surface area contributed by atoms with Crippen molar-refractivity contribution in [3.63, 3.8) is 0 Å². The molecule has 0 bridgehead atoms. The van der Waals surface area contributed by atoms with Crippen molar-refractivity contribution in [2.45, 2.75) is 6.42 Å². The normalized spacial score (nSPS) is 18.8. The Kier molecular flexibility index (Phi) is 3.60. The Labute approximate surface area is 108 Å². The van der Waals surface area contributed by atoms with Crippen LogP contribution in [0.15, 0.2) is 23.3 Å². The highest BCUT2D eigenvalue weighted by atomic mass is 35.5. The molecule has 1 aromatic carbocycles. The molecule has 6 nitrogen and oxygen atoms in total. The number of carbonyl (C=O) groups excluding carboxylic acids is 1. The summed E-state index contributed by atoms with van der Waals surface area (Å²) in [6.07, 6.45) is 0.324. The number of nitrogens with zero attached hydrogens (tertiary/aromatic N) is 4. The number of amides is 1. The van der Waals surface area contributed by atoms with E-state index in [0.29, 0.717) is 23.7 Å². The number of anilines is 1. The number of benzene rings is 1. The molecule has 1 N–H and O–H groups in total. The largest absolute Gasteiger partial charge is 0.508 e. The summed E-state index contributed by atoms with van der Waals surface area (Å²) >= 11 is 6.01. The van der Waals surface area contributed by atoms with E-state index in [9.17, 15) is 9.90 Å². The van der Waals surface area contributed by atoms with Gasteiger partial charge in [-0.05, 0) is 23.6 Å². The third kappa shape index (κ3) is 2.50. The van der Waals surface area contributed by atoms with E-state index in [-0.39, 0.29) is 24.1 Å². The van der Waals surface area contributed by atoms with Crippen molar-refractivity contribution in [1.82, 2.24) is 0 Å². The van der Waals surface area contributed by atoms with Crippen molar-refractivity contribution in [3.8, 4) is 5.75 Å². The third-order valence-electron chi connectivity index (χ3n) is 2.83. The van der Waals surface area contributed by atoms with Crippen LogP contribution in [0, 0.1) is 5.92 Å². The van der Waals surface area contributed by atoms with Crippen molar-refractivity contribution >= 4 is 23.2 Å². The first kappa shape index (κ1) is 12.5. The van der Waals surface area contributed by atoms with Gasteiger partial charge in [-0.25, -0.2) is 0 Å². The molecule has 0 saturated carbocycles. The van der Waals surface area contributed by atoms with Crippen LogP contribution in [0.5, 0.6) is 5.75 Å². The van der Waals surface area contributed by atoms with Crippen molar-refractivity contribution < 1.29 is 9.90 Å². The van der Waals surface area contributed by atoms with Crippen molar-refractivity contribution in [2.75, 3.05) is 18.0 Å². The van der Waals surface area contributed by atoms with Crippen molar-refractivity contribution in [3.05, 3.63) is 33.7 Å². The topological polar surface area (TPSA) is 89.3 Å². The van der Waals surface area contributed by atoms with Gasteiger partial charge < -0.3 is 10.0 Å². The number of aromatic hydroxyl groups is 1. The lowest BCUT2D eigenvalue weighted by atomic mass is 10.1. The van der Waals surface area contributed by atoms with E-state index in [1.54, 1.807) is 6.07 Å². The van der Waals surface area contributed by atoms with Crippen LogP contribution in [-0.4, -0.2) is 24.1 Å². The fourth-order valence-electron chi connectivity index (χ4n) is 2.00. The Morgan fingerprint density at radius 2 is 2.39 bits per heavy atom. The predicted octanol–water partition coefficient (Wildman–Crippen LogP) is 2.71. The summed E-state index contributed by atoms with van der Waals surface area (Å²) in [5, 5.41) is 13.3. The van der Waals surface area contributed by atoms with Gasteiger partial charge in [0.15, 0.2) is 0 Å². The Morgan fingerprint density at radius 3 is 3.11 bits per heavy atom. The Morgan fingerprint density at radius 1 is 1.61 bits per heavy atom. The summed E-state index contributed by atoms with van der Waals surface area (Å²) in [7, 11) is 0. The Balaban J connectivity index is 2.21. The van der Waals surface area contributed by atoms with Crippen LogP contribution in [0.1, 0.15) is 6.42 Å². The van der Waals surface area contributed by atoms with Crippen LogP contribution < -0.4 is 4.90 Å². The van der Waals surface area contributed by atoms with Crippen molar-refractivity contribution in [1.29, 1.82) is 0 Å². The van der Waals surface area contributed by atoms with Crippen LogP contribution in [-0.2, 0) is 4.79 Å². The molecule has 18 heavy (non-hydrogen) atoms. The SMILES string of the molecule is [N-]=[N+]=NCC1CC(=O)N(c2cc(O)ccc2Cl)C1. The van der Waals surface area contributed by atoms with Gasteiger partial charge in [0, 0.05) is 30.5 Å². The van der Waals surface area contributed by atoms with E-state index in [1.165, 1.54) is 17.0 Å². The van der Waals surface area contributed by atoms with E-state index in [1.807, 2.05) is 0 Å². The minimum Gasteiger partial charge on any atom is -0.508 e. The number of phenols is 1. The molecule has 1 saturated heterocycles. The maximum absolute atomic E-state index is 11.9. The minimum absolute atomic E-state index is 0.00758. The zero-order valence-corrected chi connectivity index (χ0v) is 10.2. The second-order valence-electron chi connectivity index (χ2n) is 4.12. The first-order valence-corrected chi connectivity index (χ1v) is 5.79. The molecule has 1 unspecified atom stereocenters. The third-order valence-corrected chi connectivity index (χ3v) is 3.15. The lowest BCUT2D eigenvalue weighted by Crippen LogP contribution is -2.25. The fraction of sp³-hybridized carbons (Fsp3) is 0.364. The molecule has 94 valence electrons. The summed E-state index contributed by atoms with van der Waals surface area (Å²) in [6.45, 7) is 0.732. The second kappa shape index (κ2) is 5.16. The zero-order valence-electron chi connectivity index (χ0n) is 9.45. The number of halogens is 1. The van der Waals surface area contributed by atoms with Gasteiger partial charge in [-0.2, -0.15) is 0 Å². The van der Waals surface area contributed by atoms with E-state index in [4.69, 9.17) is 17.1 Å². The summed E-state index contributed by atoms with van der Waals surface area (Å²) in [4.78, 5) is 16.1. The zero-order chi connectivity index (χ0) is 13.1. The molecular weight excluding hydrogens is 256 g/mol. The van der Waals surface area contributed by atoms with Gasteiger partial charge in [0.05, 0.1) is 10.7 Å². The van der Waals surface area contributed by atoms with Crippen LogP contribution in [0.2, 0.25) is 5.02 Å². The van der Waals surface area contributed by atoms with Gasteiger partial charge in [-0.1, -0.05) is 16.7 Å². The molecule has 0 aromatic heterocycles. The number of hydrogen-bond donors (Lipinski definition) is 1. The summed E-state index contributed by atoms with van der Waals surface area (Å²) in [5.41, 5.74) is 8.75. The highest BCUT2D eigenvalue weighted by molar-refractivity contribution is 6.34. The molecule has 0 spiro atoms. The lowest BCUT2D eigenvalue weighted by molar-refractivity contribution is -0.117. The number of rotatable bonds is 3. The van der Waals surface area contributed by atoms with E-state index >= 15 is 0 Å². The molecule has 0 radical (unpaired) electrons. The number of carbonyl (C=O) groups is 1. The molecule has 7 heteroatoms. The molecule has 1 amide bonds. The van der Waals surface area contributed by atoms with Gasteiger partial charge >= 0.3 is 0 Å². The summed E-state index contributed by atoms with van der Waals surface area (Å²) in [6, 6.07) is 4.46. The van der Waals surface area contributed by atoms with E-state index < -0.39 is 0 Å². The average Bonchev–Trinajstić information content (AvgIpc) is 2.71. The second-order valence-corrected chi connectivity index (χ2v) is 4.53. The molecular formula is C11H11ClN4O2. The molecule has 1 heterocycles. The number of azide groups is 1. The molecule has 1 atom stereocenters. The number of hydrogen-bond acceptors (Lipinski definition) is 3. The van der Waals surface area contributed by atoms with Gasteiger partial charge in [-0.3, -0.25) is 4.79 Å². The molecule has 1 aliphatic heterocycles. The fourth-order valence-corrected chi connectivity index (χ4v) is 2.22. The van der Waals surface area contributed by atoms with Gasteiger partial charge in [0.2, 0.25) is 5.91 Å². The minimum atomic E-state index is -0.0827. The van der Waals surface area contributed by atoms with E-state index in [0.717, 1.165) is 0 Å². The molecule has 1 fully saturated rings. The van der Waals surface area contributed by atoms with Crippen LogP contribution >= 0.6 is 11.6 Å². The summed E-state index contributed by atoms with van der Waals surface area (Å²) in [5.74, 6) is -0.0341. The van der Waals surface area contributed by atoms with Crippen LogP contribution in [0.3, 0.4) is 0 Å².